The number of benzene rings is 1. The third-order valence-corrected chi connectivity index (χ3v) is 2.99. The molecule has 2 rings (SSSR count). The molecule has 1 atom stereocenters. The maximum Gasteiger partial charge on any atom is 0.408 e. The average Bonchev–Trinajstić information content (AvgIpc) is 2.49. The minimum Gasteiger partial charge on any atom is -0.444 e. The van der Waals surface area contributed by atoms with Crippen LogP contribution >= 0.6 is 0 Å². The Balaban J connectivity index is 2.12. The third-order valence-electron chi connectivity index (χ3n) is 2.99. The second-order valence-corrected chi connectivity index (χ2v) is 6.24. The van der Waals surface area contributed by atoms with Crippen LogP contribution in [-0.4, -0.2) is 30.2 Å². The fourth-order valence-corrected chi connectivity index (χ4v) is 2.09. The van der Waals surface area contributed by atoms with Gasteiger partial charge in [-0.2, -0.15) is 0 Å². The number of hydrogen-bond donors (Lipinski definition) is 3. The Bertz CT molecular complexity index is 611. The van der Waals surface area contributed by atoms with Crippen molar-refractivity contribution < 1.29 is 18.7 Å². The van der Waals surface area contributed by atoms with Crippen LogP contribution in [-0.2, 0) is 9.53 Å². The molecule has 0 bridgehead atoms. The van der Waals surface area contributed by atoms with Crippen molar-refractivity contribution in [1.82, 2.24) is 5.32 Å². The Morgan fingerprint density at radius 1 is 1.41 bits per heavy atom. The highest BCUT2D eigenvalue weighted by atomic mass is 19.1. The van der Waals surface area contributed by atoms with Crippen molar-refractivity contribution in [3.05, 3.63) is 23.5 Å². The fraction of sp³-hybridized carbons (Fsp3) is 0.467. The fourth-order valence-electron chi connectivity index (χ4n) is 2.09. The molecule has 1 heterocycles. The van der Waals surface area contributed by atoms with Crippen molar-refractivity contribution >= 4 is 23.4 Å². The zero-order valence-corrected chi connectivity index (χ0v) is 13.0. The number of carbonyl (C=O) groups excluding carboxylic acids is 2. The van der Waals surface area contributed by atoms with Crippen molar-refractivity contribution in [2.45, 2.75) is 39.3 Å². The van der Waals surface area contributed by atoms with E-state index in [1.54, 1.807) is 33.8 Å². The van der Waals surface area contributed by atoms with Gasteiger partial charge in [0, 0.05) is 6.54 Å². The van der Waals surface area contributed by atoms with Crippen molar-refractivity contribution in [3.63, 3.8) is 0 Å². The molecule has 2 amide bonds. The predicted molar refractivity (Wildman–Crippen MR) is 81.4 cm³/mol. The van der Waals surface area contributed by atoms with E-state index in [1.165, 1.54) is 6.07 Å². The predicted octanol–water partition coefficient (Wildman–Crippen LogP) is 2.39. The maximum absolute atomic E-state index is 13.9. The van der Waals surface area contributed by atoms with Crippen molar-refractivity contribution in [1.29, 1.82) is 0 Å². The third kappa shape index (κ3) is 3.87. The van der Waals surface area contributed by atoms with Gasteiger partial charge >= 0.3 is 6.09 Å². The Hall–Kier alpha value is -2.31. The molecule has 7 heteroatoms. The van der Waals surface area contributed by atoms with Gasteiger partial charge in [0.15, 0.2) is 0 Å². The molecule has 1 aliphatic rings. The van der Waals surface area contributed by atoms with Crippen molar-refractivity contribution in [2.24, 2.45) is 0 Å². The van der Waals surface area contributed by atoms with Gasteiger partial charge in [-0.3, -0.25) is 4.79 Å². The van der Waals surface area contributed by atoms with E-state index in [4.69, 9.17) is 4.74 Å². The number of fused-ring (bicyclic) bond motifs is 1. The van der Waals surface area contributed by atoms with Gasteiger partial charge in [-0.05, 0) is 45.4 Å². The topological polar surface area (TPSA) is 79.5 Å². The van der Waals surface area contributed by atoms with Gasteiger partial charge < -0.3 is 20.7 Å². The number of rotatable bonds is 1. The monoisotopic (exact) mass is 309 g/mol. The summed E-state index contributed by atoms with van der Waals surface area (Å²) < 4.78 is 19.0. The van der Waals surface area contributed by atoms with Crippen LogP contribution in [0.5, 0.6) is 0 Å². The molecule has 0 aliphatic carbocycles. The minimum absolute atomic E-state index is 0.0871. The lowest BCUT2D eigenvalue weighted by molar-refractivity contribution is -0.117. The summed E-state index contributed by atoms with van der Waals surface area (Å²) in [5.41, 5.74) is 0.644. The first kappa shape index (κ1) is 16.1. The van der Waals surface area contributed by atoms with E-state index in [-0.39, 0.29) is 12.2 Å². The van der Waals surface area contributed by atoms with E-state index >= 15 is 0 Å². The molecule has 22 heavy (non-hydrogen) atoms. The van der Waals surface area contributed by atoms with Crippen LogP contribution in [0.1, 0.15) is 26.3 Å². The molecule has 1 aliphatic heterocycles. The number of alkyl carbamates (subject to hydrolysis) is 1. The zero-order valence-electron chi connectivity index (χ0n) is 13.0. The summed E-state index contributed by atoms with van der Waals surface area (Å²) in [6, 6.07) is 2.21. The van der Waals surface area contributed by atoms with E-state index in [0.717, 1.165) is 5.56 Å². The highest BCUT2D eigenvalue weighted by Gasteiger charge is 2.28. The molecule has 1 aromatic rings. The van der Waals surface area contributed by atoms with Crippen molar-refractivity contribution in [2.75, 3.05) is 17.2 Å². The summed E-state index contributed by atoms with van der Waals surface area (Å²) in [6.07, 6.45) is -0.697. The van der Waals surface area contributed by atoms with E-state index in [2.05, 4.69) is 16.0 Å². The van der Waals surface area contributed by atoms with Gasteiger partial charge in [-0.15, -0.1) is 0 Å². The van der Waals surface area contributed by atoms with E-state index in [9.17, 15) is 14.0 Å². The summed E-state index contributed by atoms with van der Waals surface area (Å²) in [5, 5.41) is 7.93. The highest BCUT2D eigenvalue weighted by Crippen LogP contribution is 2.28. The number of halogens is 1. The van der Waals surface area contributed by atoms with Gasteiger partial charge in [0.2, 0.25) is 5.91 Å². The smallest absolute Gasteiger partial charge is 0.408 e. The molecule has 3 N–H and O–H groups in total. The Labute approximate surface area is 128 Å². The summed E-state index contributed by atoms with van der Waals surface area (Å²) in [7, 11) is 0. The van der Waals surface area contributed by atoms with Gasteiger partial charge in [0.05, 0.1) is 5.69 Å². The lowest BCUT2D eigenvalue weighted by atomic mass is 10.2. The Kier molecular flexibility index (Phi) is 4.25. The van der Waals surface area contributed by atoms with Crippen LogP contribution in [0.3, 0.4) is 0 Å². The quantitative estimate of drug-likeness (QED) is 0.744. The molecule has 0 radical (unpaired) electrons. The molecule has 1 unspecified atom stereocenters. The number of nitrogens with one attached hydrogen (secondary N) is 3. The van der Waals surface area contributed by atoms with E-state index < -0.39 is 29.5 Å². The number of anilines is 2. The molecule has 6 nitrogen and oxygen atoms in total. The van der Waals surface area contributed by atoms with Crippen molar-refractivity contribution in [3.8, 4) is 0 Å². The Morgan fingerprint density at radius 3 is 2.73 bits per heavy atom. The summed E-state index contributed by atoms with van der Waals surface area (Å²) in [5.74, 6) is -1.02. The second kappa shape index (κ2) is 5.82. The molecule has 0 saturated heterocycles. The number of aryl methyl sites for hydroxylation is 1. The second-order valence-electron chi connectivity index (χ2n) is 6.24. The van der Waals surface area contributed by atoms with Gasteiger partial charge in [0.25, 0.3) is 0 Å². The van der Waals surface area contributed by atoms with Crippen LogP contribution in [0.4, 0.5) is 20.6 Å². The summed E-state index contributed by atoms with van der Waals surface area (Å²) in [6.45, 7) is 7.08. The number of carbonyl (C=O) groups is 2. The summed E-state index contributed by atoms with van der Waals surface area (Å²) >= 11 is 0. The van der Waals surface area contributed by atoms with E-state index in [0.29, 0.717) is 5.69 Å². The number of ether oxygens (including phenoxy) is 1. The highest BCUT2D eigenvalue weighted by molar-refractivity contribution is 6.01. The lowest BCUT2D eigenvalue weighted by Crippen LogP contribution is -2.48. The summed E-state index contributed by atoms with van der Waals surface area (Å²) in [4.78, 5) is 23.9. The van der Waals surface area contributed by atoms with Crippen LogP contribution in [0.25, 0.3) is 0 Å². The maximum atomic E-state index is 13.9. The first-order valence-electron chi connectivity index (χ1n) is 7.00. The standard InChI is InChI=1S/C15H20FN3O3/c1-8-5-9(16)12-10(6-8)17-7-11(13(20)19-12)18-14(21)22-15(2,3)4/h5-6,11,17H,7H2,1-4H3,(H,18,21)(H,19,20). The van der Waals surface area contributed by atoms with Crippen LogP contribution in [0.15, 0.2) is 12.1 Å². The molecule has 1 aromatic carbocycles. The molecule has 0 aromatic heterocycles. The number of amides is 2. The first-order chi connectivity index (χ1) is 10.2. The average molecular weight is 309 g/mol. The van der Waals surface area contributed by atoms with E-state index in [1.807, 2.05) is 0 Å². The zero-order chi connectivity index (χ0) is 16.5. The van der Waals surface area contributed by atoms with Gasteiger partial charge in [-0.25, -0.2) is 9.18 Å². The Morgan fingerprint density at radius 2 is 2.09 bits per heavy atom. The molecular formula is C15H20FN3O3. The first-order valence-corrected chi connectivity index (χ1v) is 7.00. The largest absolute Gasteiger partial charge is 0.444 e. The number of hydrogen-bond acceptors (Lipinski definition) is 4. The molecule has 120 valence electrons. The van der Waals surface area contributed by atoms with Crippen LogP contribution in [0.2, 0.25) is 0 Å². The molecule has 0 fully saturated rings. The lowest BCUT2D eigenvalue weighted by Gasteiger charge is -2.22. The van der Waals surface area contributed by atoms with Gasteiger partial charge in [0.1, 0.15) is 23.1 Å². The molecular weight excluding hydrogens is 289 g/mol. The van der Waals surface area contributed by atoms with Gasteiger partial charge in [-0.1, -0.05) is 0 Å². The van der Waals surface area contributed by atoms with Crippen LogP contribution < -0.4 is 16.0 Å². The van der Waals surface area contributed by atoms with Crippen LogP contribution in [0, 0.1) is 12.7 Å². The molecule has 0 spiro atoms. The SMILES string of the molecule is Cc1cc(F)c2c(c1)NCC(NC(=O)OC(C)(C)C)C(=O)N2. The molecule has 0 saturated carbocycles. The minimum atomic E-state index is -0.859. The normalized spacial score (nSPS) is 17.7.